The van der Waals surface area contributed by atoms with Gasteiger partial charge in [0, 0.05) is 12.8 Å². The van der Waals surface area contributed by atoms with Crippen molar-refractivity contribution >= 4 is 5.97 Å². The number of carbonyl (C=O) groups is 1. The van der Waals surface area contributed by atoms with E-state index in [2.05, 4.69) is 26.5 Å². The molecule has 1 aromatic rings. The smallest absolute Gasteiger partial charge is 0.306 e. The van der Waals surface area contributed by atoms with Crippen LogP contribution in [0.5, 0.6) is 0 Å². The second kappa shape index (κ2) is 5.70. The summed E-state index contributed by atoms with van der Waals surface area (Å²) in [5, 5.41) is 12.8. The molecule has 0 amide bonds. The highest BCUT2D eigenvalue weighted by Gasteiger charge is 2.04. The number of H-pyrrole nitrogens is 1. The molecule has 0 aliphatic rings. The quantitative estimate of drug-likeness (QED) is 0.407. The van der Waals surface area contributed by atoms with Crippen LogP contribution in [0.1, 0.15) is 25.1 Å². The molecule has 6 nitrogen and oxygen atoms in total. The van der Waals surface area contributed by atoms with E-state index in [-0.39, 0.29) is 12.6 Å². The number of hydrogen-bond acceptors (Lipinski definition) is 5. The molecule has 14 heavy (non-hydrogen) atoms. The van der Waals surface area contributed by atoms with Crippen LogP contribution >= 0.6 is 0 Å². The Kier molecular flexibility index (Phi) is 4.14. The fourth-order valence-corrected chi connectivity index (χ4v) is 0.796. The van der Waals surface area contributed by atoms with E-state index in [9.17, 15) is 4.79 Å². The topological polar surface area (TPSA) is 80.8 Å². The van der Waals surface area contributed by atoms with Gasteiger partial charge in [-0.3, -0.25) is 4.79 Å². The maximum atomic E-state index is 11.0. The zero-order valence-corrected chi connectivity index (χ0v) is 7.56. The minimum Gasteiger partial charge on any atom is -0.457 e. The molecule has 0 radical (unpaired) electrons. The molecule has 0 unspecified atom stereocenters. The van der Waals surface area contributed by atoms with Crippen molar-refractivity contribution in [3.8, 4) is 12.3 Å². The van der Waals surface area contributed by atoms with Crippen molar-refractivity contribution in [1.82, 2.24) is 20.6 Å². The van der Waals surface area contributed by atoms with Gasteiger partial charge in [-0.1, -0.05) is 5.21 Å². The number of hydrogen-bond donors (Lipinski definition) is 1. The molecule has 0 aliphatic carbocycles. The highest BCUT2D eigenvalue weighted by molar-refractivity contribution is 5.69. The number of aromatic nitrogens is 4. The van der Waals surface area contributed by atoms with Crippen LogP contribution in [-0.2, 0) is 16.1 Å². The summed E-state index contributed by atoms with van der Waals surface area (Å²) < 4.78 is 4.84. The SMILES string of the molecule is C#CCCCC(=O)OCc1nn[nH]n1. The summed E-state index contributed by atoms with van der Waals surface area (Å²) in [6, 6.07) is 0. The van der Waals surface area contributed by atoms with E-state index in [0.717, 1.165) is 0 Å². The Balaban J connectivity index is 2.13. The number of tetrazole rings is 1. The van der Waals surface area contributed by atoms with Gasteiger partial charge in [0.1, 0.15) is 0 Å². The summed E-state index contributed by atoms with van der Waals surface area (Å²) in [4.78, 5) is 11.0. The van der Waals surface area contributed by atoms with E-state index in [1.165, 1.54) is 0 Å². The zero-order valence-electron chi connectivity index (χ0n) is 7.56. The first-order valence-electron chi connectivity index (χ1n) is 4.14. The van der Waals surface area contributed by atoms with Crippen LogP contribution in [0.15, 0.2) is 0 Å². The zero-order chi connectivity index (χ0) is 10.2. The first-order chi connectivity index (χ1) is 6.83. The Hall–Kier alpha value is -1.90. The molecule has 1 N–H and O–H groups in total. The van der Waals surface area contributed by atoms with Gasteiger partial charge in [-0.2, -0.15) is 5.21 Å². The van der Waals surface area contributed by atoms with E-state index >= 15 is 0 Å². The van der Waals surface area contributed by atoms with Crippen LogP contribution in [0.2, 0.25) is 0 Å². The van der Waals surface area contributed by atoms with Crippen molar-refractivity contribution in [3.63, 3.8) is 0 Å². The highest BCUT2D eigenvalue weighted by Crippen LogP contribution is 1.98. The number of nitrogens with zero attached hydrogens (tertiary/aromatic N) is 3. The number of esters is 1. The molecule has 0 aromatic carbocycles. The molecule has 0 fully saturated rings. The lowest BCUT2D eigenvalue weighted by Gasteiger charge is -1.99. The predicted octanol–water partition coefficient (Wildman–Crippen LogP) is 0.0464. The second-order valence-corrected chi connectivity index (χ2v) is 2.55. The van der Waals surface area contributed by atoms with Gasteiger partial charge in [0.05, 0.1) is 0 Å². The maximum Gasteiger partial charge on any atom is 0.306 e. The second-order valence-electron chi connectivity index (χ2n) is 2.55. The third-order valence-corrected chi connectivity index (χ3v) is 1.45. The van der Waals surface area contributed by atoms with E-state index < -0.39 is 0 Å². The largest absolute Gasteiger partial charge is 0.457 e. The van der Waals surface area contributed by atoms with Gasteiger partial charge < -0.3 is 4.74 Å². The Morgan fingerprint density at radius 2 is 2.50 bits per heavy atom. The van der Waals surface area contributed by atoms with Crippen LogP contribution in [0.25, 0.3) is 0 Å². The molecule has 0 spiro atoms. The van der Waals surface area contributed by atoms with Gasteiger partial charge in [0.15, 0.2) is 6.61 Å². The number of rotatable bonds is 5. The highest BCUT2D eigenvalue weighted by atomic mass is 16.5. The fourth-order valence-electron chi connectivity index (χ4n) is 0.796. The number of nitrogens with one attached hydrogen (secondary N) is 1. The lowest BCUT2D eigenvalue weighted by atomic mass is 10.2. The minimum atomic E-state index is -0.301. The van der Waals surface area contributed by atoms with Crippen molar-refractivity contribution in [2.45, 2.75) is 25.9 Å². The number of terminal acetylenes is 1. The molecule has 6 heteroatoms. The third-order valence-electron chi connectivity index (χ3n) is 1.45. The van der Waals surface area contributed by atoms with Crippen molar-refractivity contribution in [3.05, 3.63) is 5.82 Å². The molecule has 0 saturated heterocycles. The van der Waals surface area contributed by atoms with Crippen LogP contribution < -0.4 is 0 Å². The van der Waals surface area contributed by atoms with Gasteiger partial charge in [-0.05, 0) is 6.42 Å². The van der Waals surface area contributed by atoms with Crippen LogP contribution in [0.3, 0.4) is 0 Å². The van der Waals surface area contributed by atoms with Crippen LogP contribution in [0, 0.1) is 12.3 Å². The summed E-state index contributed by atoms with van der Waals surface area (Å²) in [6.07, 6.45) is 6.57. The van der Waals surface area contributed by atoms with Gasteiger partial charge >= 0.3 is 5.97 Å². The van der Waals surface area contributed by atoms with Crippen LogP contribution in [-0.4, -0.2) is 26.6 Å². The molecular weight excluding hydrogens is 184 g/mol. The number of aromatic amines is 1. The van der Waals surface area contributed by atoms with Gasteiger partial charge in [-0.25, -0.2) is 0 Å². The van der Waals surface area contributed by atoms with Gasteiger partial charge in [-0.15, -0.1) is 22.5 Å². The molecule has 0 atom stereocenters. The first-order valence-corrected chi connectivity index (χ1v) is 4.14. The monoisotopic (exact) mass is 194 g/mol. The summed E-state index contributed by atoms with van der Waals surface area (Å²) >= 11 is 0. The lowest BCUT2D eigenvalue weighted by Crippen LogP contribution is -2.05. The molecule has 0 aliphatic heterocycles. The number of unbranched alkanes of at least 4 members (excludes halogenated alkanes) is 1. The lowest BCUT2D eigenvalue weighted by molar-refractivity contribution is -0.145. The predicted molar refractivity (Wildman–Crippen MR) is 46.7 cm³/mol. The molecule has 74 valence electrons. The van der Waals surface area contributed by atoms with E-state index in [1.807, 2.05) is 0 Å². The van der Waals surface area contributed by atoms with Crippen LogP contribution in [0.4, 0.5) is 0 Å². The third kappa shape index (κ3) is 3.67. The molecule has 0 saturated carbocycles. The van der Waals surface area contributed by atoms with Gasteiger partial charge in [0.2, 0.25) is 5.82 Å². The summed E-state index contributed by atoms with van der Waals surface area (Å²) in [5.74, 6) is 2.50. The summed E-state index contributed by atoms with van der Waals surface area (Å²) in [5.41, 5.74) is 0. The molecule has 0 bridgehead atoms. The standard InChI is InChI=1S/C8H10N4O2/c1-2-3-4-5-8(13)14-6-7-9-11-12-10-7/h1H,3-6H2,(H,9,10,11,12). The fraction of sp³-hybridized carbons (Fsp3) is 0.500. The molecule has 1 rings (SSSR count). The van der Waals surface area contributed by atoms with Crippen molar-refractivity contribution in [1.29, 1.82) is 0 Å². The maximum absolute atomic E-state index is 11.0. The van der Waals surface area contributed by atoms with Crippen molar-refractivity contribution in [2.75, 3.05) is 0 Å². The number of carbonyl (C=O) groups excluding carboxylic acids is 1. The average molecular weight is 194 g/mol. The average Bonchev–Trinajstić information content (AvgIpc) is 2.68. The van der Waals surface area contributed by atoms with E-state index in [4.69, 9.17) is 11.2 Å². The summed E-state index contributed by atoms with van der Waals surface area (Å²) in [6.45, 7) is 0.0470. The van der Waals surface area contributed by atoms with Gasteiger partial charge in [0.25, 0.3) is 0 Å². The normalized spacial score (nSPS) is 9.36. The Bertz CT molecular complexity index is 315. The molecular formula is C8H10N4O2. The van der Waals surface area contributed by atoms with E-state index in [1.54, 1.807) is 0 Å². The molecule has 1 heterocycles. The van der Waals surface area contributed by atoms with E-state index in [0.29, 0.717) is 25.1 Å². The minimum absolute atomic E-state index is 0.0470. The van der Waals surface area contributed by atoms with Crippen molar-refractivity contribution in [2.24, 2.45) is 0 Å². The Labute approximate surface area is 81.0 Å². The Morgan fingerprint density at radius 1 is 1.64 bits per heavy atom. The number of ether oxygens (including phenoxy) is 1. The summed E-state index contributed by atoms with van der Waals surface area (Å²) in [7, 11) is 0. The molecule has 1 aromatic heterocycles. The first kappa shape index (κ1) is 10.2. The van der Waals surface area contributed by atoms with Crippen molar-refractivity contribution < 1.29 is 9.53 Å². The Morgan fingerprint density at radius 3 is 3.14 bits per heavy atom.